The van der Waals surface area contributed by atoms with Gasteiger partial charge in [-0.15, -0.1) is 24.8 Å². The van der Waals surface area contributed by atoms with E-state index in [1.165, 1.54) is 12.1 Å². The number of hydrogen-bond donors (Lipinski definition) is 1. The van der Waals surface area contributed by atoms with Crippen molar-refractivity contribution in [1.82, 2.24) is 9.80 Å². The molecule has 1 aliphatic heterocycles. The first-order valence-corrected chi connectivity index (χ1v) is 8.60. The predicted molar refractivity (Wildman–Crippen MR) is 103 cm³/mol. The highest BCUT2D eigenvalue weighted by Gasteiger charge is 2.40. The molecule has 1 heterocycles. The molecule has 0 aromatic heterocycles. The first kappa shape index (κ1) is 22.5. The Labute approximate surface area is 165 Å². The molecular weight excluding hydrogens is 388 g/mol. The number of rotatable bonds is 3. The third-order valence-electron chi connectivity index (χ3n) is 4.99. The average Bonchev–Trinajstić information content (AvgIpc) is 2.98. The summed E-state index contributed by atoms with van der Waals surface area (Å²) in [6.07, 6.45) is 3.70. The molecule has 2 N–H and O–H groups in total. The fraction of sp³-hybridized carbons (Fsp3) is 0.588. The molecule has 1 aliphatic carbocycles. The summed E-state index contributed by atoms with van der Waals surface area (Å²) in [7, 11) is 0. The summed E-state index contributed by atoms with van der Waals surface area (Å²) in [6.45, 7) is 3.63. The van der Waals surface area contributed by atoms with Crippen molar-refractivity contribution in [3.63, 3.8) is 0 Å². The summed E-state index contributed by atoms with van der Waals surface area (Å²) in [5, 5.41) is 0.454. The molecule has 0 radical (unpaired) electrons. The van der Waals surface area contributed by atoms with Crippen LogP contribution in [0.4, 0.5) is 4.39 Å². The molecule has 0 spiro atoms. The van der Waals surface area contributed by atoms with E-state index in [-0.39, 0.29) is 36.5 Å². The number of benzene rings is 1. The van der Waals surface area contributed by atoms with Gasteiger partial charge in [-0.25, -0.2) is 4.39 Å². The van der Waals surface area contributed by atoms with Gasteiger partial charge in [-0.05, 0) is 30.5 Å². The lowest BCUT2D eigenvalue weighted by Gasteiger charge is -2.38. The highest BCUT2D eigenvalue weighted by molar-refractivity contribution is 6.31. The molecule has 8 heteroatoms. The number of nitrogens with zero attached hydrogens (tertiary/aromatic N) is 2. The van der Waals surface area contributed by atoms with Crippen LogP contribution >= 0.6 is 36.4 Å². The maximum Gasteiger partial charge on any atom is 0.242 e. The molecule has 0 unspecified atom stereocenters. The summed E-state index contributed by atoms with van der Waals surface area (Å²) in [5.74, 6) is -0.214. The molecule has 1 aromatic rings. The van der Waals surface area contributed by atoms with E-state index in [0.717, 1.165) is 44.3 Å². The standard InChI is InChI=1S/C17H23ClFN3O.2ClH/c18-15-11-14(19)4-3-13(15)12-21-7-9-22(10-8-21)16(23)17(20)5-1-2-6-17;;/h3-4,11H,1-2,5-10,12,20H2;2*1H. The van der Waals surface area contributed by atoms with E-state index in [2.05, 4.69) is 4.90 Å². The smallest absolute Gasteiger partial charge is 0.242 e. The van der Waals surface area contributed by atoms with Gasteiger partial charge in [0, 0.05) is 37.7 Å². The zero-order valence-corrected chi connectivity index (χ0v) is 16.4. The molecule has 1 saturated carbocycles. The fourth-order valence-electron chi connectivity index (χ4n) is 3.53. The lowest BCUT2D eigenvalue weighted by molar-refractivity contribution is -0.138. The molecule has 2 aliphatic rings. The van der Waals surface area contributed by atoms with Crippen LogP contribution in [0.3, 0.4) is 0 Å². The number of halogens is 4. The van der Waals surface area contributed by atoms with E-state index < -0.39 is 5.54 Å². The lowest BCUT2D eigenvalue weighted by Crippen LogP contribution is -2.58. The monoisotopic (exact) mass is 411 g/mol. The Morgan fingerprint density at radius 2 is 1.76 bits per heavy atom. The van der Waals surface area contributed by atoms with Crippen molar-refractivity contribution in [2.24, 2.45) is 5.73 Å². The quantitative estimate of drug-likeness (QED) is 0.829. The average molecular weight is 413 g/mol. The van der Waals surface area contributed by atoms with E-state index in [9.17, 15) is 9.18 Å². The second kappa shape index (κ2) is 9.38. The van der Waals surface area contributed by atoms with Crippen LogP contribution in [0.2, 0.25) is 5.02 Å². The molecular formula is C17H25Cl3FN3O. The molecule has 25 heavy (non-hydrogen) atoms. The summed E-state index contributed by atoms with van der Waals surface area (Å²) in [6, 6.07) is 4.50. The van der Waals surface area contributed by atoms with Crippen LogP contribution in [0.1, 0.15) is 31.2 Å². The molecule has 2 fully saturated rings. The van der Waals surface area contributed by atoms with Crippen LogP contribution in [-0.2, 0) is 11.3 Å². The predicted octanol–water partition coefficient (Wildman–Crippen LogP) is 3.24. The first-order valence-electron chi connectivity index (χ1n) is 8.22. The molecule has 0 atom stereocenters. The SMILES string of the molecule is Cl.Cl.NC1(C(=O)N2CCN(Cc3ccc(F)cc3Cl)CC2)CCCC1. The minimum absolute atomic E-state index is 0. The largest absolute Gasteiger partial charge is 0.339 e. The minimum Gasteiger partial charge on any atom is -0.339 e. The topological polar surface area (TPSA) is 49.6 Å². The molecule has 0 bridgehead atoms. The third-order valence-corrected chi connectivity index (χ3v) is 5.34. The van der Waals surface area contributed by atoms with Crippen LogP contribution in [0, 0.1) is 5.82 Å². The van der Waals surface area contributed by atoms with E-state index in [4.69, 9.17) is 17.3 Å². The second-order valence-electron chi connectivity index (χ2n) is 6.67. The number of hydrogen-bond acceptors (Lipinski definition) is 3. The Hall–Kier alpha value is -0.590. The van der Waals surface area contributed by atoms with Gasteiger partial charge in [0.1, 0.15) is 5.82 Å². The Morgan fingerprint density at radius 3 is 2.32 bits per heavy atom. The van der Waals surface area contributed by atoms with E-state index in [1.54, 1.807) is 6.07 Å². The Balaban J connectivity index is 0.00000156. The van der Waals surface area contributed by atoms with E-state index >= 15 is 0 Å². The Bertz CT molecular complexity index is 589. The summed E-state index contributed by atoms with van der Waals surface area (Å²) in [4.78, 5) is 16.7. The van der Waals surface area contributed by atoms with Gasteiger partial charge in [-0.2, -0.15) is 0 Å². The molecule has 1 aromatic carbocycles. The molecule has 1 amide bonds. The van der Waals surface area contributed by atoms with Crippen molar-refractivity contribution in [3.8, 4) is 0 Å². The number of carbonyl (C=O) groups excluding carboxylic acids is 1. The highest BCUT2D eigenvalue weighted by Crippen LogP contribution is 2.29. The van der Waals surface area contributed by atoms with Gasteiger partial charge in [-0.1, -0.05) is 30.5 Å². The van der Waals surface area contributed by atoms with E-state index in [1.807, 2.05) is 4.90 Å². The van der Waals surface area contributed by atoms with Gasteiger partial charge in [0.2, 0.25) is 5.91 Å². The van der Waals surface area contributed by atoms with Crippen molar-refractivity contribution >= 4 is 42.3 Å². The van der Waals surface area contributed by atoms with Crippen molar-refractivity contribution in [1.29, 1.82) is 0 Å². The normalized spacial score (nSPS) is 19.9. The second-order valence-corrected chi connectivity index (χ2v) is 7.07. The number of nitrogens with two attached hydrogens (primary N) is 1. The zero-order valence-electron chi connectivity index (χ0n) is 14.0. The first-order chi connectivity index (χ1) is 11.0. The Kier molecular flexibility index (Phi) is 8.42. The van der Waals surface area contributed by atoms with Gasteiger partial charge in [0.25, 0.3) is 0 Å². The summed E-state index contributed by atoms with van der Waals surface area (Å²) < 4.78 is 13.1. The van der Waals surface area contributed by atoms with Crippen LogP contribution < -0.4 is 5.73 Å². The fourth-order valence-corrected chi connectivity index (χ4v) is 3.76. The third kappa shape index (κ3) is 5.20. The molecule has 142 valence electrons. The molecule has 3 rings (SSSR count). The van der Waals surface area contributed by atoms with Gasteiger partial charge in [0.05, 0.1) is 5.54 Å². The van der Waals surface area contributed by atoms with Crippen molar-refractivity contribution in [2.75, 3.05) is 26.2 Å². The van der Waals surface area contributed by atoms with Crippen molar-refractivity contribution in [3.05, 3.63) is 34.6 Å². The maximum atomic E-state index is 13.1. The van der Waals surface area contributed by atoms with Gasteiger partial charge < -0.3 is 10.6 Å². The minimum atomic E-state index is -0.636. The van der Waals surface area contributed by atoms with E-state index in [0.29, 0.717) is 24.7 Å². The highest BCUT2D eigenvalue weighted by atomic mass is 35.5. The van der Waals surface area contributed by atoms with Crippen molar-refractivity contribution in [2.45, 2.75) is 37.8 Å². The zero-order chi connectivity index (χ0) is 16.4. The maximum absolute atomic E-state index is 13.1. The molecule has 1 saturated heterocycles. The van der Waals surface area contributed by atoms with Crippen molar-refractivity contribution < 1.29 is 9.18 Å². The number of carbonyl (C=O) groups is 1. The summed E-state index contributed by atoms with van der Waals surface area (Å²) in [5.41, 5.74) is 6.55. The Morgan fingerprint density at radius 1 is 1.16 bits per heavy atom. The lowest BCUT2D eigenvalue weighted by atomic mass is 9.97. The van der Waals surface area contributed by atoms with Gasteiger partial charge in [0.15, 0.2) is 0 Å². The number of amides is 1. The van der Waals surface area contributed by atoms with Crippen LogP contribution in [0.25, 0.3) is 0 Å². The van der Waals surface area contributed by atoms with Crippen LogP contribution in [-0.4, -0.2) is 47.4 Å². The van der Waals surface area contributed by atoms with Gasteiger partial charge >= 0.3 is 0 Å². The molecule has 4 nitrogen and oxygen atoms in total. The van der Waals surface area contributed by atoms with Crippen LogP contribution in [0.5, 0.6) is 0 Å². The van der Waals surface area contributed by atoms with Gasteiger partial charge in [-0.3, -0.25) is 9.69 Å². The number of piperazine rings is 1. The summed E-state index contributed by atoms with van der Waals surface area (Å²) >= 11 is 6.08. The van der Waals surface area contributed by atoms with Crippen LogP contribution in [0.15, 0.2) is 18.2 Å².